The number of rotatable bonds is 3. The molecule has 0 radical (unpaired) electrons. The van der Waals surface area contributed by atoms with Crippen molar-refractivity contribution < 1.29 is 27.9 Å². The summed E-state index contributed by atoms with van der Waals surface area (Å²) >= 11 is 0. The molecule has 11 heteroatoms. The van der Waals surface area contributed by atoms with Gasteiger partial charge in [0.15, 0.2) is 5.65 Å². The summed E-state index contributed by atoms with van der Waals surface area (Å²) in [6.07, 6.45) is 1.95. The molecular weight excluding hydrogens is 439 g/mol. The molecule has 0 aliphatic heterocycles. The number of hydrogen-bond acceptors (Lipinski definition) is 4. The Morgan fingerprint density at radius 2 is 1.91 bits per heavy atom. The minimum atomic E-state index is -5.08. The minimum Gasteiger partial charge on any atom is -0.475 e. The Kier molecular flexibility index (Phi) is 6.39. The maximum Gasteiger partial charge on any atom is 0.490 e. The van der Waals surface area contributed by atoms with E-state index in [0.717, 1.165) is 33.5 Å². The maximum atomic E-state index is 12.4. The van der Waals surface area contributed by atoms with Gasteiger partial charge in [0.05, 0.1) is 12.1 Å². The molecule has 1 aromatic carbocycles. The standard InChI is InChI=1S/C20H17N5O.C2HF3O2/c1-4-9-25(3)20(26)14-6-5-13-10-17(24-16(13)11-14)15-7-8-21-19-18(15)22-12(2)23-19;3-2(4,5)1(6)7/h1,5-8,10-11,24H,9H2,2-3H3,(H,21,22,23);(H,6,7). The minimum absolute atomic E-state index is 0.100. The quantitative estimate of drug-likeness (QED) is 0.406. The van der Waals surface area contributed by atoms with E-state index in [-0.39, 0.29) is 12.5 Å². The Hall–Kier alpha value is -4.33. The molecular formula is C22H18F3N5O3. The third kappa shape index (κ3) is 5.12. The fraction of sp³-hybridized carbons (Fsp3) is 0.182. The van der Waals surface area contributed by atoms with Gasteiger partial charge in [-0.1, -0.05) is 12.0 Å². The van der Waals surface area contributed by atoms with Gasteiger partial charge in [0, 0.05) is 41.0 Å². The lowest BCUT2D eigenvalue weighted by Gasteiger charge is -2.13. The molecule has 0 saturated carbocycles. The number of alkyl halides is 3. The number of aromatic amines is 2. The monoisotopic (exact) mass is 457 g/mol. The molecule has 8 nitrogen and oxygen atoms in total. The summed E-state index contributed by atoms with van der Waals surface area (Å²) in [6, 6.07) is 9.60. The van der Waals surface area contributed by atoms with Crippen molar-refractivity contribution >= 4 is 33.9 Å². The fourth-order valence-electron chi connectivity index (χ4n) is 3.09. The molecule has 0 bridgehead atoms. The first-order valence-corrected chi connectivity index (χ1v) is 9.44. The number of imidazole rings is 1. The third-order valence-corrected chi connectivity index (χ3v) is 4.59. The maximum absolute atomic E-state index is 12.4. The number of nitrogens with one attached hydrogen (secondary N) is 2. The normalized spacial score (nSPS) is 11.0. The third-order valence-electron chi connectivity index (χ3n) is 4.59. The van der Waals surface area contributed by atoms with Crippen LogP contribution in [-0.4, -0.2) is 61.6 Å². The summed E-state index contributed by atoms with van der Waals surface area (Å²) in [4.78, 5) is 38.2. The van der Waals surface area contributed by atoms with Gasteiger partial charge in [0.1, 0.15) is 5.82 Å². The summed E-state index contributed by atoms with van der Waals surface area (Å²) in [5.41, 5.74) is 5.00. The molecule has 0 atom stereocenters. The predicted octanol–water partition coefficient (Wildman–Crippen LogP) is 3.75. The van der Waals surface area contributed by atoms with Crippen LogP contribution in [0.2, 0.25) is 0 Å². The summed E-state index contributed by atoms with van der Waals surface area (Å²) < 4.78 is 31.7. The highest BCUT2D eigenvalue weighted by molar-refractivity contribution is 6.00. The smallest absolute Gasteiger partial charge is 0.475 e. The largest absolute Gasteiger partial charge is 0.490 e. The topological polar surface area (TPSA) is 115 Å². The number of carbonyl (C=O) groups excluding carboxylic acids is 1. The molecule has 0 aliphatic carbocycles. The Bertz CT molecular complexity index is 1380. The number of amides is 1. The van der Waals surface area contributed by atoms with Crippen molar-refractivity contribution in [2.24, 2.45) is 0 Å². The van der Waals surface area contributed by atoms with Crippen LogP contribution in [0.1, 0.15) is 16.2 Å². The van der Waals surface area contributed by atoms with Gasteiger partial charge < -0.3 is 20.0 Å². The van der Waals surface area contributed by atoms with Crippen LogP contribution in [0.4, 0.5) is 13.2 Å². The number of fused-ring (bicyclic) bond motifs is 2. The number of benzene rings is 1. The van der Waals surface area contributed by atoms with Crippen molar-refractivity contribution in [3.05, 3.63) is 47.9 Å². The molecule has 170 valence electrons. The van der Waals surface area contributed by atoms with Crippen molar-refractivity contribution in [2.45, 2.75) is 13.1 Å². The number of terminal acetylenes is 1. The molecule has 4 rings (SSSR count). The number of nitrogens with zero attached hydrogens (tertiary/aromatic N) is 3. The van der Waals surface area contributed by atoms with E-state index in [2.05, 4.69) is 31.9 Å². The number of hydrogen-bond donors (Lipinski definition) is 3. The molecule has 4 aromatic rings. The van der Waals surface area contributed by atoms with Crippen LogP contribution in [0.25, 0.3) is 33.3 Å². The summed E-state index contributed by atoms with van der Waals surface area (Å²) in [5.74, 6) is 0.444. The molecule has 0 saturated heterocycles. The van der Waals surface area contributed by atoms with E-state index in [1.165, 1.54) is 4.90 Å². The van der Waals surface area contributed by atoms with Crippen LogP contribution < -0.4 is 0 Å². The molecule has 3 N–H and O–H groups in total. The lowest BCUT2D eigenvalue weighted by atomic mass is 10.1. The van der Waals surface area contributed by atoms with Gasteiger partial charge in [-0.25, -0.2) is 14.8 Å². The van der Waals surface area contributed by atoms with Crippen molar-refractivity contribution in [1.29, 1.82) is 0 Å². The second-order valence-corrected chi connectivity index (χ2v) is 7.03. The number of H-pyrrole nitrogens is 2. The van der Waals surface area contributed by atoms with Gasteiger partial charge in [-0.05, 0) is 31.2 Å². The van der Waals surface area contributed by atoms with Crippen LogP contribution in [-0.2, 0) is 4.79 Å². The molecule has 33 heavy (non-hydrogen) atoms. The average molecular weight is 457 g/mol. The fourth-order valence-corrected chi connectivity index (χ4v) is 3.09. The Labute approximate surface area is 185 Å². The molecule has 0 unspecified atom stereocenters. The number of carboxylic acids is 1. The Morgan fingerprint density at radius 3 is 2.55 bits per heavy atom. The van der Waals surface area contributed by atoms with Crippen molar-refractivity contribution in [2.75, 3.05) is 13.6 Å². The van der Waals surface area contributed by atoms with Crippen LogP contribution in [0, 0.1) is 19.3 Å². The number of carboxylic acid groups (broad SMARTS) is 1. The van der Waals surface area contributed by atoms with Gasteiger partial charge in [-0.3, -0.25) is 4.79 Å². The first-order valence-electron chi connectivity index (χ1n) is 9.44. The van der Waals surface area contributed by atoms with E-state index in [9.17, 15) is 18.0 Å². The van der Waals surface area contributed by atoms with Crippen LogP contribution >= 0.6 is 0 Å². The molecule has 3 aromatic heterocycles. The van der Waals surface area contributed by atoms with E-state index in [1.807, 2.05) is 31.2 Å². The highest BCUT2D eigenvalue weighted by Crippen LogP contribution is 2.29. The van der Waals surface area contributed by atoms with Crippen LogP contribution in [0.15, 0.2) is 36.5 Å². The Balaban J connectivity index is 0.000000383. The molecule has 3 heterocycles. The van der Waals surface area contributed by atoms with E-state index in [0.29, 0.717) is 11.2 Å². The second-order valence-electron chi connectivity index (χ2n) is 7.03. The van der Waals surface area contributed by atoms with Crippen molar-refractivity contribution in [3.63, 3.8) is 0 Å². The van der Waals surface area contributed by atoms with E-state index < -0.39 is 12.1 Å². The summed E-state index contributed by atoms with van der Waals surface area (Å²) in [6.45, 7) is 2.18. The second kappa shape index (κ2) is 9.04. The zero-order valence-corrected chi connectivity index (χ0v) is 17.5. The molecule has 1 amide bonds. The van der Waals surface area contributed by atoms with Gasteiger partial charge >= 0.3 is 12.1 Å². The number of halogens is 3. The van der Waals surface area contributed by atoms with Gasteiger partial charge in [-0.2, -0.15) is 13.2 Å². The van der Waals surface area contributed by atoms with Crippen LogP contribution in [0.3, 0.4) is 0 Å². The first kappa shape index (κ1) is 23.3. The van der Waals surface area contributed by atoms with E-state index >= 15 is 0 Å². The molecule has 0 aliphatic rings. The summed E-state index contributed by atoms with van der Waals surface area (Å²) in [5, 5.41) is 8.15. The van der Waals surface area contributed by atoms with Crippen molar-refractivity contribution in [1.82, 2.24) is 24.8 Å². The summed E-state index contributed by atoms with van der Waals surface area (Å²) in [7, 11) is 1.70. The SMILES string of the molecule is C#CCN(C)C(=O)c1ccc2cc(-c3ccnc4nc(C)[nH]c34)[nH]c2c1.O=C(O)C(F)(F)F. The number of aliphatic carboxylic acids is 1. The van der Waals surface area contributed by atoms with E-state index in [1.54, 1.807) is 13.2 Å². The molecule has 0 spiro atoms. The van der Waals surface area contributed by atoms with E-state index in [4.69, 9.17) is 16.3 Å². The highest BCUT2D eigenvalue weighted by Gasteiger charge is 2.38. The van der Waals surface area contributed by atoms with Gasteiger partial charge in [-0.15, -0.1) is 6.42 Å². The number of pyridine rings is 1. The van der Waals surface area contributed by atoms with Gasteiger partial charge in [0.25, 0.3) is 5.91 Å². The van der Waals surface area contributed by atoms with Gasteiger partial charge in [0.2, 0.25) is 0 Å². The number of aryl methyl sites for hydroxylation is 1. The average Bonchev–Trinajstić information content (AvgIpc) is 3.34. The lowest BCUT2D eigenvalue weighted by molar-refractivity contribution is -0.192. The van der Waals surface area contributed by atoms with Crippen molar-refractivity contribution in [3.8, 4) is 23.6 Å². The highest BCUT2D eigenvalue weighted by atomic mass is 19.4. The molecule has 0 fully saturated rings. The number of aromatic nitrogens is 4. The Morgan fingerprint density at radius 1 is 1.21 bits per heavy atom. The zero-order valence-electron chi connectivity index (χ0n) is 17.5. The first-order chi connectivity index (χ1) is 15.5. The zero-order chi connectivity index (χ0) is 24.3. The lowest BCUT2D eigenvalue weighted by Crippen LogP contribution is -2.26. The van der Waals surface area contributed by atoms with Crippen LogP contribution in [0.5, 0.6) is 0 Å². The number of carbonyl (C=O) groups is 2. The predicted molar refractivity (Wildman–Crippen MR) is 115 cm³/mol.